The first-order valence-electron chi connectivity index (χ1n) is 7.02. The van der Waals surface area contributed by atoms with Crippen LogP contribution in [0.3, 0.4) is 0 Å². The lowest BCUT2D eigenvalue weighted by atomic mass is 10.1. The molecule has 2 rings (SSSR count). The van der Waals surface area contributed by atoms with Crippen LogP contribution in [0.15, 0.2) is 0 Å². The van der Waals surface area contributed by atoms with E-state index in [1.807, 2.05) is 6.92 Å². The summed E-state index contributed by atoms with van der Waals surface area (Å²) in [5.41, 5.74) is 0. The fraction of sp³-hybridized carbons (Fsp3) is 0.923. The van der Waals surface area contributed by atoms with Crippen molar-refractivity contribution in [3.05, 3.63) is 0 Å². The summed E-state index contributed by atoms with van der Waals surface area (Å²) in [6, 6.07) is 0.214. The molecule has 0 spiro atoms. The van der Waals surface area contributed by atoms with E-state index in [1.54, 1.807) is 0 Å². The topological polar surface area (TPSA) is 41.6 Å². The number of hydrogen-bond donors (Lipinski definition) is 1. The number of nitrogens with zero attached hydrogens (tertiary/aromatic N) is 1. The summed E-state index contributed by atoms with van der Waals surface area (Å²) in [5, 5.41) is 3.18. The van der Waals surface area contributed by atoms with Gasteiger partial charge in [-0.05, 0) is 32.9 Å². The van der Waals surface area contributed by atoms with Gasteiger partial charge in [0.15, 0.2) is 0 Å². The third kappa shape index (κ3) is 4.11. The van der Waals surface area contributed by atoms with Crippen molar-refractivity contribution in [1.29, 1.82) is 0 Å². The van der Waals surface area contributed by atoms with Gasteiger partial charge in [-0.1, -0.05) is 6.42 Å². The molecular formula is C13H22F2N2O2. The van der Waals surface area contributed by atoms with E-state index in [0.29, 0.717) is 6.54 Å². The minimum atomic E-state index is -3.30. The van der Waals surface area contributed by atoms with Gasteiger partial charge in [0.1, 0.15) is 6.10 Å². The SMILES string of the molecule is CC(CN1CCCCC1)NCC1CC(F)(F)C(=O)O1. The fourth-order valence-electron chi connectivity index (χ4n) is 2.69. The molecule has 0 amide bonds. The number of ether oxygens (including phenoxy) is 1. The van der Waals surface area contributed by atoms with Crippen LogP contribution in [-0.2, 0) is 9.53 Å². The quantitative estimate of drug-likeness (QED) is 0.771. The van der Waals surface area contributed by atoms with Crippen LogP contribution in [0.1, 0.15) is 32.6 Å². The summed E-state index contributed by atoms with van der Waals surface area (Å²) in [5.74, 6) is -4.69. The van der Waals surface area contributed by atoms with Gasteiger partial charge < -0.3 is 15.0 Å². The van der Waals surface area contributed by atoms with Crippen LogP contribution in [-0.4, -0.2) is 55.1 Å². The molecule has 0 saturated carbocycles. The van der Waals surface area contributed by atoms with Crippen LogP contribution in [0.2, 0.25) is 0 Å². The van der Waals surface area contributed by atoms with E-state index in [-0.39, 0.29) is 6.04 Å². The number of nitrogens with one attached hydrogen (secondary N) is 1. The Kier molecular flexibility index (Phi) is 4.73. The molecule has 0 aromatic carbocycles. The Morgan fingerprint density at radius 2 is 2.11 bits per heavy atom. The minimum Gasteiger partial charge on any atom is -0.456 e. The average Bonchev–Trinajstić information content (AvgIpc) is 2.62. The van der Waals surface area contributed by atoms with Crippen molar-refractivity contribution in [2.45, 2.75) is 50.7 Å². The predicted molar refractivity (Wildman–Crippen MR) is 67.2 cm³/mol. The lowest BCUT2D eigenvalue weighted by Gasteiger charge is -2.29. The van der Waals surface area contributed by atoms with Gasteiger partial charge in [0.05, 0.1) is 6.42 Å². The summed E-state index contributed by atoms with van der Waals surface area (Å²) in [4.78, 5) is 13.2. The molecule has 0 radical (unpaired) electrons. The van der Waals surface area contributed by atoms with Gasteiger partial charge in [0.25, 0.3) is 0 Å². The Balaban J connectivity index is 1.66. The molecule has 19 heavy (non-hydrogen) atoms. The van der Waals surface area contributed by atoms with Gasteiger partial charge >= 0.3 is 11.9 Å². The molecule has 6 heteroatoms. The summed E-state index contributed by atoms with van der Waals surface area (Å²) in [6.07, 6.45) is 2.56. The maximum atomic E-state index is 13.0. The molecule has 2 aliphatic rings. The first kappa shape index (κ1) is 14.7. The first-order valence-corrected chi connectivity index (χ1v) is 7.02. The highest BCUT2D eigenvalue weighted by molar-refractivity contribution is 5.79. The van der Waals surface area contributed by atoms with Crippen LogP contribution < -0.4 is 5.32 Å². The molecule has 2 atom stereocenters. The smallest absolute Gasteiger partial charge is 0.377 e. The lowest BCUT2D eigenvalue weighted by Crippen LogP contribution is -2.43. The normalized spacial score (nSPS) is 29.2. The molecule has 110 valence electrons. The van der Waals surface area contributed by atoms with Crippen LogP contribution in [0.25, 0.3) is 0 Å². The molecular weight excluding hydrogens is 254 g/mol. The van der Waals surface area contributed by atoms with Crippen molar-refractivity contribution in [3.63, 3.8) is 0 Å². The minimum absolute atomic E-state index is 0.214. The molecule has 0 aromatic rings. The fourth-order valence-corrected chi connectivity index (χ4v) is 2.69. The number of carbonyl (C=O) groups is 1. The Hall–Kier alpha value is -0.750. The Morgan fingerprint density at radius 1 is 1.42 bits per heavy atom. The third-order valence-electron chi connectivity index (χ3n) is 3.73. The van der Waals surface area contributed by atoms with Gasteiger partial charge in [-0.25, -0.2) is 4.79 Å². The maximum Gasteiger partial charge on any atom is 0.377 e. The van der Waals surface area contributed by atoms with Gasteiger partial charge in [0.2, 0.25) is 0 Å². The Labute approximate surface area is 112 Å². The second-order valence-corrected chi connectivity index (χ2v) is 5.61. The summed E-state index contributed by atoms with van der Waals surface area (Å²) in [6.45, 7) is 5.47. The molecule has 2 heterocycles. The van der Waals surface area contributed by atoms with Gasteiger partial charge in [-0.2, -0.15) is 8.78 Å². The van der Waals surface area contributed by atoms with Crippen molar-refractivity contribution in [2.75, 3.05) is 26.2 Å². The van der Waals surface area contributed by atoms with Crippen LogP contribution >= 0.6 is 0 Å². The van der Waals surface area contributed by atoms with E-state index in [0.717, 1.165) is 19.6 Å². The zero-order valence-electron chi connectivity index (χ0n) is 11.3. The molecule has 1 N–H and O–H groups in total. The van der Waals surface area contributed by atoms with Crippen molar-refractivity contribution in [1.82, 2.24) is 10.2 Å². The van der Waals surface area contributed by atoms with Gasteiger partial charge in [-0.3, -0.25) is 0 Å². The second kappa shape index (κ2) is 6.13. The largest absolute Gasteiger partial charge is 0.456 e. The lowest BCUT2D eigenvalue weighted by molar-refractivity contribution is -0.159. The number of rotatable bonds is 5. The van der Waals surface area contributed by atoms with E-state index in [2.05, 4.69) is 15.0 Å². The van der Waals surface area contributed by atoms with Crippen molar-refractivity contribution >= 4 is 5.97 Å². The highest BCUT2D eigenvalue weighted by atomic mass is 19.3. The molecule has 0 aliphatic carbocycles. The molecule has 2 fully saturated rings. The zero-order valence-corrected chi connectivity index (χ0v) is 11.3. The number of halogens is 2. The number of hydrogen-bond acceptors (Lipinski definition) is 4. The Bertz CT molecular complexity index is 320. The molecule has 4 nitrogen and oxygen atoms in total. The average molecular weight is 276 g/mol. The zero-order chi connectivity index (χ0) is 13.9. The van der Waals surface area contributed by atoms with Crippen LogP contribution in [0, 0.1) is 0 Å². The number of esters is 1. The van der Waals surface area contributed by atoms with Crippen molar-refractivity contribution in [2.24, 2.45) is 0 Å². The number of cyclic esters (lactones) is 1. The van der Waals surface area contributed by atoms with Crippen LogP contribution in [0.5, 0.6) is 0 Å². The van der Waals surface area contributed by atoms with Gasteiger partial charge in [0, 0.05) is 19.1 Å². The molecule has 0 aromatic heterocycles. The summed E-state index contributed by atoms with van der Waals surface area (Å²) >= 11 is 0. The van der Waals surface area contributed by atoms with E-state index in [9.17, 15) is 13.6 Å². The molecule has 2 aliphatic heterocycles. The number of alkyl halides is 2. The van der Waals surface area contributed by atoms with E-state index >= 15 is 0 Å². The van der Waals surface area contributed by atoms with E-state index in [4.69, 9.17) is 0 Å². The maximum absolute atomic E-state index is 13.0. The number of carbonyl (C=O) groups excluding carboxylic acids is 1. The highest BCUT2D eigenvalue weighted by Gasteiger charge is 2.50. The van der Waals surface area contributed by atoms with Crippen molar-refractivity contribution < 1.29 is 18.3 Å². The standard InChI is InChI=1S/C13H22F2N2O2/c1-10(9-17-5-3-2-4-6-17)16-8-11-7-13(14,15)12(18)19-11/h10-11,16H,2-9H2,1H3. The van der Waals surface area contributed by atoms with E-state index in [1.165, 1.54) is 19.3 Å². The highest BCUT2D eigenvalue weighted by Crippen LogP contribution is 2.30. The third-order valence-corrected chi connectivity index (χ3v) is 3.73. The predicted octanol–water partition coefficient (Wildman–Crippen LogP) is 1.40. The van der Waals surface area contributed by atoms with E-state index < -0.39 is 24.4 Å². The molecule has 0 bridgehead atoms. The monoisotopic (exact) mass is 276 g/mol. The second-order valence-electron chi connectivity index (χ2n) is 5.61. The molecule has 2 unspecified atom stereocenters. The van der Waals surface area contributed by atoms with Crippen molar-refractivity contribution in [3.8, 4) is 0 Å². The number of piperidine rings is 1. The molecule has 2 saturated heterocycles. The Morgan fingerprint density at radius 3 is 2.68 bits per heavy atom. The summed E-state index contributed by atoms with van der Waals surface area (Å²) in [7, 11) is 0. The van der Waals surface area contributed by atoms with Gasteiger partial charge in [-0.15, -0.1) is 0 Å². The van der Waals surface area contributed by atoms with Crippen LogP contribution in [0.4, 0.5) is 8.78 Å². The summed E-state index contributed by atoms with van der Waals surface area (Å²) < 4.78 is 30.6. The first-order chi connectivity index (χ1) is 8.97. The number of likely N-dealkylation sites (tertiary alicyclic amines) is 1.